The third kappa shape index (κ3) is 3.12. The molecule has 3 nitrogen and oxygen atoms in total. The normalized spacial score (nSPS) is 16.5. The molecule has 0 saturated heterocycles. The largest absolute Gasteiger partial charge is 0.392 e. The third-order valence-electron chi connectivity index (χ3n) is 3.66. The molecule has 2 aromatic carbocycles. The first-order valence-corrected chi connectivity index (χ1v) is 7.94. The summed E-state index contributed by atoms with van der Waals surface area (Å²) in [5, 5.41) is 12.1. The molecule has 0 radical (unpaired) electrons. The van der Waals surface area contributed by atoms with E-state index >= 15 is 0 Å². The first kappa shape index (κ1) is 14.2. The third-order valence-corrected chi connectivity index (χ3v) is 4.84. The summed E-state index contributed by atoms with van der Waals surface area (Å²) in [4.78, 5) is 13.6. The summed E-state index contributed by atoms with van der Waals surface area (Å²) in [5.74, 6) is 0.816. The fourth-order valence-corrected chi connectivity index (χ4v) is 3.76. The second-order valence-electron chi connectivity index (χ2n) is 5.10. The summed E-state index contributed by atoms with van der Waals surface area (Å²) in [6, 6.07) is 15.7. The number of carbonyl (C=O) groups excluding carboxylic acids is 1. The number of hydrogen-bond donors (Lipinski definition) is 2. The van der Waals surface area contributed by atoms with Crippen LogP contribution in [0.1, 0.15) is 22.6 Å². The van der Waals surface area contributed by atoms with Crippen molar-refractivity contribution in [2.45, 2.75) is 24.0 Å². The Morgan fingerprint density at radius 3 is 2.86 bits per heavy atom. The highest BCUT2D eigenvalue weighted by Crippen LogP contribution is 2.39. The molecule has 0 aliphatic carbocycles. The van der Waals surface area contributed by atoms with Gasteiger partial charge in [0.1, 0.15) is 0 Å². The van der Waals surface area contributed by atoms with E-state index in [9.17, 15) is 4.79 Å². The van der Waals surface area contributed by atoms with Crippen LogP contribution in [-0.2, 0) is 17.9 Å². The quantitative estimate of drug-likeness (QED) is 0.912. The first-order chi connectivity index (χ1) is 10.3. The standard InChI is InChI=1S/C17H17NO2S/c19-10-13-5-3-4-12(8-13)9-18-17(20)15-11-21-16-7-2-1-6-14(15)16/h1-8,15,19H,9-11H2,(H,18,20). The van der Waals surface area contributed by atoms with E-state index in [1.54, 1.807) is 11.8 Å². The molecule has 1 heterocycles. The smallest absolute Gasteiger partial charge is 0.228 e. The minimum absolute atomic E-state index is 0.0222. The molecule has 3 rings (SSSR count). The zero-order chi connectivity index (χ0) is 14.7. The number of benzene rings is 2. The maximum atomic E-state index is 12.4. The average molecular weight is 299 g/mol. The van der Waals surface area contributed by atoms with Gasteiger partial charge in [-0.15, -0.1) is 11.8 Å². The highest BCUT2D eigenvalue weighted by Gasteiger charge is 2.28. The van der Waals surface area contributed by atoms with Crippen LogP contribution in [0.3, 0.4) is 0 Å². The Morgan fingerprint density at radius 1 is 1.19 bits per heavy atom. The lowest BCUT2D eigenvalue weighted by atomic mass is 10.0. The van der Waals surface area contributed by atoms with Gasteiger partial charge in [-0.3, -0.25) is 4.79 Å². The van der Waals surface area contributed by atoms with Gasteiger partial charge in [-0.25, -0.2) is 0 Å². The molecule has 4 heteroatoms. The van der Waals surface area contributed by atoms with E-state index in [1.165, 1.54) is 4.90 Å². The fraction of sp³-hybridized carbons (Fsp3) is 0.235. The molecule has 1 unspecified atom stereocenters. The molecule has 1 aliphatic rings. The summed E-state index contributed by atoms with van der Waals surface area (Å²) in [5.41, 5.74) is 3.00. The Hall–Kier alpha value is -1.78. The lowest BCUT2D eigenvalue weighted by Crippen LogP contribution is -2.29. The summed E-state index contributed by atoms with van der Waals surface area (Å²) in [7, 11) is 0. The zero-order valence-electron chi connectivity index (χ0n) is 11.6. The molecule has 0 fully saturated rings. The summed E-state index contributed by atoms with van der Waals surface area (Å²) < 4.78 is 0. The number of fused-ring (bicyclic) bond motifs is 1. The van der Waals surface area contributed by atoms with Gasteiger partial charge in [-0.05, 0) is 22.8 Å². The highest BCUT2D eigenvalue weighted by atomic mass is 32.2. The molecular weight excluding hydrogens is 282 g/mol. The monoisotopic (exact) mass is 299 g/mol. The average Bonchev–Trinajstić information content (AvgIpc) is 2.97. The molecule has 1 aliphatic heterocycles. The minimum Gasteiger partial charge on any atom is -0.392 e. The van der Waals surface area contributed by atoms with Crippen LogP contribution >= 0.6 is 11.8 Å². The van der Waals surface area contributed by atoms with Crippen LogP contribution < -0.4 is 5.32 Å². The molecule has 108 valence electrons. The Labute approximate surface area is 128 Å². The van der Waals surface area contributed by atoms with Crippen LogP contribution in [0.4, 0.5) is 0 Å². The van der Waals surface area contributed by atoms with Crippen molar-refractivity contribution in [3.05, 3.63) is 65.2 Å². The van der Waals surface area contributed by atoms with Gasteiger partial charge in [-0.1, -0.05) is 42.5 Å². The van der Waals surface area contributed by atoms with Crippen molar-refractivity contribution >= 4 is 17.7 Å². The number of hydrogen-bond acceptors (Lipinski definition) is 3. The predicted octanol–water partition coefficient (Wildman–Crippen LogP) is 2.68. The molecule has 21 heavy (non-hydrogen) atoms. The van der Waals surface area contributed by atoms with Crippen LogP contribution in [0.2, 0.25) is 0 Å². The number of carbonyl (C=O) groups is 1. The van der Waals surface area contributed by atoms with Crippen molar-refractivity contribution < 1.29 is 9.90 Å². The van der Waals surface area contributed by atoms with Crippen LogP contribution in [0, 0.1) is 0 Å². The van der Waals surface area contributed by atoms with Crippen molar-refractivity contribution in [1.82, 2.24) is 5.32 Å². The van der Waals surface area contributed by atoms with Gasteiger partial charge in [-0.2, -0.15) is 0 Å². The van der Waals surface area contributed by atoms with Crippen LogP contribution in [-0.4, -0.2) is 16.8 Å². The van der Waals surface area contributed by atoms with Gasteiger partial charge in [0.15, 0.2) is 0 Å². The number of aliphatic hydroxyl groups is 1. The number of amides is 1. The summed E-state index contributed by atoms with van der Waals surface area (Å²) in [6.07, 6.45) is 0. The van der Waals surface area contributed by atoms with E-state index < -0.39 is 0 Å². The fourth-order valence-electron chi connectivity index (χ4n) is 2.53. The summed E-state index contributed by atoms with van der Waals surface area (Å²) >= 11 is 1.74. The minimum atomic E-state index is -0.0628. The molecule has 2 N–H and O–H groups in total. The number of aliphatic hydroxyl groups excluding tert-OH is 1. The molecule has 0 spiro atoms. The number of rotatable bonds is 4. The van der Waals surface area contributed by atoms with Crippen LogP contribution in [0.15, 0.2) is 53.4 Å². The maximum absolute atomic E-state index is 12.4. The van der Waals surface area contributed by atoms with Gasteiger partial charge >= 0.3 is 0 Å². The van der Waals surface area contributed by atoms with Crippen molar-refractivity contribution in [3.8, 4) is 0 Å². The van der Waals surface area contributed by atoms with Crippen molar-refractivity contribution in [2.24, 2.45) is 0 Å². The Balaban J connectivity index is 1.65. The van der Waals surface area contributed by atoms with Crippen LogP contribution in [0.25, 0.3) is 0 Å². The van der Waals surface area contributed by atoms with E-state index in [1.807, 2.05) is 42.5 Å². The van der Waals surface area contributed by atoms with Gasteiger partial charge < -0.3 is 10.4 Å². The van der Waals surface area contributed by atoms with E-state index in [-0.39, 0.29) is 18.4 Å². The van der Waals surface area contributed by atoms with Gasteiger partial charge in [0.25, 0.3) is 0 Å². The van der Waals surface area contributed by atoms with E-state index in [0.717, 1.165) is 22.4 Å². The Bertz CT molecular complexity index is 657. The second-order valence-corrected chi connectivity index (χ2v) is 6.16. The van der Waals surface area contributed by atoms with Gasteiger partial charge in [0, 0.05) is 17.2 Å². The highest BCUT2D eigenvalue weighted by molar-refractivity contribution is 7.99. The van der Waals surface area contributed by atoms with Crippen molar-refractivity contribution in [2.75, 3.05) is 5.75 Å². The maximum Gasteiger partial charge on any atom is 0.228 e. The van der Waals surface area contributed by atoms with Gasteiger partial charge in [0.2, 0.25) is 5.91 Å². The molecular formula is C17H17NO2S. The lowest BCUT2D eigenvalue weighted by Gasteiger charge is -2.12. The van der Waals surface area contributed by atoms with E-state index in [0.29, 0.717) is 6.54 Å². The molecule has 0 aromatic heterocycles. The molecule has 0 bridgehead atoms. The van der Waals surface area contributed by atoms with Gasteiger partial charge in [0.05, 0.1) is 12.5 Å². The molecule has 1 atom stereocenters. The second kappa shape index (κ2) is 6.33. The summed E-state index contributed by atoms with van der Waals surface area (Å²) in [6.45, 7) is 0.518. The Morgan fingerprint density at radius 2 is 2.00 bits per heavy atom. The Kier molecular flexibility index (Phi) is 4.27. The molecule has 0 saturated carbocycles. The molecule has 2 aromatic rings. The topological polar surface area (TPSA) is 49.3 Å². The first-order valence-electron chi connectivity index (χ1n) is 6.96. The predicted molar refractivity (Wildman–Crippen MR) is 84.1 cm³/mol. The number of nitrogens with one attached hydrogen (secondary N) is 1. The van der Waals surface area contributed by atoms with Crippen molar-refractivity contribution in [1.29, 1.82) is 0 Å². The molecule has 1 amide bonds. The SMILES string of the molecule is O=C(NCc1cccc(CO)c1)C1CSc2ccccc21. The van der Waals surface area contributed by atoms with Crippen molar-refractivity contribution in [3.63, 3.8) is 0 Å². The van der Waals surface area contributed by atoms with Crippen LogP contribution in [0.5, 0.6) is 0 Å². The lowest BCUT2D eigenvalue weighted by molar-refractivity contribution is -0.122. The van der Waals surface area contributed by atoms with E-state index in [2.05, 4.69) is 11.4 Å². The number of thioether (sulfide) groups is 1. The zero-order valence-corrected chi connectivity index (χ0v) is 12.4. The van der Waals surface area contributed by atoms with E-state index in [4.69, 9.17) is 5.11 Å².